The minimum Gasteiger partial charge on any atom is -0.290 e. The molecular weight excluding hydrogens is 416 g/mol. The lowest BCUT2D eigenvalue weighted by molar-refractivity contribution is -0.384. The first-order valence-electron chi connectivity index (χ1n) is 9.89. The van der Waals surface area contributed by atoms with Crippen LogP contribution in [-0.4, -0.2) is 36.3 Å². The summed E-state index contributed by atoms with van der Waals surface area (Å²) < 4.78 is 28.3. The predicted molar refractivity (Wildman–Crippen MR) is 116 cm³/mol. The normalized spacial score (nSPS) is 15.2. The van der Waals surface area contributed by atoms with Crippen molar-refractivity contribution < 1.29 is 13.3 Å². The average Bonchev–Trinajstić information content (AvgIpc) is 2.80. The summed E-state index contributed by atoms with van der Waals surface area (Å²) in [5.74, 6) is 0. The van der Waals surface area contributed by atoms with Crippen molar-refractivity contribution in [2.24, 2.45) is 0 Å². The molecule has 1 atom stereocenters. The molecule has 0 spiro atoms. The van der Waals surface area contributed by atoms with Gasteiger partial charge >= 0.3 is 0 Å². The van der Waals surface area contributed by atoms with Crippen LogP contribution in [0.3, 0.4) is 0 Å². The molecule has 0 saturated heterocycles. The Morgan fingerprint density at radius 3 is 2.48 bits per heavy atom. The molecule has 160 valence electrons. The fraction of sp³-hybridized carbons (Fsp3) is 0.227. The minimum atomic E-state index is -3.82. The van der Waals surface area contributed by atoms with Crippen LogP contribution in [0.4, 0.5) is 5.69 Å². The molecule has 1 aromatic heterocycles. The number of benzene rings is 2. The summed E-state index contributed by atoms with van der Waals surface area (Å²) in [5, 5.41) is 10.8. The zero-order valence-corrected chi connectivity index (χ0v) is 17.5. The molecule has 2 aromatic carbocycles. The second-order valence-electron chi connectivity index (χ2n) is 7.39. The summed E-state index contributed by atoms with van der Waals surface area (Å²) in [7, 11) is -3.82. The van der Waals surface area contributed by atoms with Crippen LogP contribution in [0.2, 0.25) is 0 Å². The number of sulfonamides is 1. The Kier molecular flexibility index (Phi) is 6.08. The molecule has 1 N–H and O–H groups in total. The maximum absolute atomic E-state index is 12.8. The van der Waals surface area contributed by atoms with Gasteiger partial charge in [0.05, 0.1) is 15.9 Å². The molecule has 9 heteroatoms. The Balaban J connectivity index is 1.55. The number of hydrogen-bond donors (Lipinski definition) is 1. The van der Waals surface area contributed by atoms with Crippen molar-refractivity contribution in [3.8, 4) is 0 Å². The smallest absolute Gasteiger partial charge is 0.269 e. The van der Waals surface area contributed by atoms with Gasteiger partial charge in [-0.15, -0.1) is 0 Å². The van der Waals surface area contributed by atoms with Crippen LogP contribution in [0, 0.1) is 10.1 Å². The highest BCUT2D eigenvalue weighted by atomic mass is 32.2. The summed E-state index contributed by atoms with van der Waals surface area (Å²) in [6, 6.07) is 16.7. The van der Waals surface area contributed by atoms with Crippen molar-refractivity contribution in [1.29, 1.82) is 0 Å². The van der Waals surface area contributed by atoms with E-state index in [1.807, 2.05) is 24.3 Å². The number of rotatable bonds is 7. The zero-order chi connectivity index (χ0) is 21.8. The van der Waals surface area contributed by atoms with Crippen LogP contribution in [0.5, 0.6) is 0 Å². The summed E-state index contributed by atoms with van der Waals surface area (Å²) in [6.45, 7) is 1.68. The standard InChI is InChI=1S/C22H22N4O4S/c27-26(28)20-7-9-21(10-8-20)31(29,30)24-15-22(18-6-3-12-23-14-18)25-13-11-17-4-1-2-5-19(17)16-25/h1-10,12,14,22,24H,11,13,15-16H2/t22-/m1/s1. The SMILES string of the molecule is O=[N+]([O-])c1ccc(S(=O)(=O)NC[C@H](c2cccnc2)N2CCc3ccccc3C2)cc1. The van der Waals surface area contributed by atoms with E-state index in [0.29, 0.717) is 0 Å². The molecular formula is C22H22N4O4S. The van der Waals surface area contributed by atoms with Crippen molar-refractivity contribution in [3.63, 3.8) is 0 Å². The summed E-state index contributed by atoms with van der Waals surface area (Å²) >= 11 is 0. The van der Waals surface area contributed by atoms with E-state index in [1.165, 1.54) is 35.4 Å². The molecule has 0 amide bonds. The Morgan fingerprint density at radius 2 is 1.81 bits per heavy atom. The van der Waals surface area contributed by atoms with Gasteiger partial charge in [0.15, 0.2) is 0 Å². The summed E-state index contributed by atoms with van der Waals surface area (Å²) in [6.07, 6.45) is 4.33. The highest BCUT2D eigenvalue weighted by Gasteiger charge is 2.27. The van der Waals surface area contributed by atoms with Crippen molar-refractivity contribution in [2.45, 2.75) is 23.9 Å². The van der Waals surface area contributed by atoms with Crippen molar-refractivity contribution in [3.05, 3.63) is 99.9 Å². The van der Waals surface area contributed by atoms with Gasteiger partial charge in [-0.1, -0.05) is 30.3 Å². The summed E-state index contributed by atoms with van der Waals surface area (Å²) in [5.41, 5.74) is 3.32. The molecule has 0 bridgehead atoms. The predicted octanol–water partition coefficient (Wildman–Crippen LogP) is 3.07. The zero-order valence-electron chi connectivity index (χ0n) is 16.7. The Bertz CT molecular complexity index is 1170. The lowest BCUT2D eigenvalue weighted by Gasteiger charge is -2.35. The van der Waals surface area contributed by atoms with Crippen LogP contribution in [0.25, 0.3) is 0 Å². The van der Waals surface area contributed by atoms with E-state index in [4.69, 9.17) is 0 Å². The first kappa shape index (κ1) is 21.1. The average molecular weight is 439 g/mol. The lowest BCUT2D eigenvalue weighted by Crippen LogP contribution is -2.40. The Labute approximate surface area is 180 Å². The number of nitro benzene ring substituents is 1. The minimum absolute atomic E-state index is 0.00738. The monoisotopic (exact) mass is 438 g/mol. The molecule has 1 aliphatic rings. The number of nitrogens with zero attached hydrogens (tertiary/aromatic N) is 3. The van der Waals surface area contributed by atoms with Gasteiger partial charge in [-0.2, -0.15) is 0 Å². The van der Waals surface area contributed by atoms with Crippen molar-refractivity contribution in [1.82, 2.24) is 14.6 Å². The molecule has 31 heavy (non-hydrogen) atoms. The maximum atomic E-state index is 12.8. The molecule has 2 heterocycles. The highest BCUT2D eigenvalue weighted by Crippen LogP contribution is 2.28. The third kappa shape index (κ3) is 4.79. The molecule has 0 radical (unpaired) electrons. The molecule has 0 saturated carbocycles. The summed E-state index contributed by atoms with van der Waals surface area (Å²) in [4.78, 5) is 16.7. The lowest BCUT2D eigenvalue weighted by atomic mass is 9.97. The van der Waals surface area contributed by atoms with E-state index in [-0.39, 0.29) is 23.2 Å². The van der Waals surface area contributed by atoms with Crippen LogP contribution in [0.1, 0.15) is 22.7 Å². The van der Waals surface area contributed by atoms with Crippen LogP contribution < -0.4 is 4.72 Å². The molecule has 0 unspecified atom stereocenters. The molecule has 3 aromatic rings. The number of nitro groups is 1. The van der Waals surface area contributed by atoms with Crippen LogP contribution in [-0.2, 0) is 23.0 Å². The van der Waals surface area contributed by atoms with Gasteiger partial charge in [-0.3, -0.25) is 20.0 Å². The molecule has 0 fully saturated rings. The number of fused-ring (bicyclic) bond motifs is 1. The van der Waals surface area contributed by atoms with Gasteiger partial charge in [0.25, 0.3) is 5.69 Å². The fourth-order valence-corrected chi connectivity index (χ4v) is 4.87. The number of non-ortho nitro benzene ring substituents is 1. The van der Waals surface area contributed by atoms with Crippen LogP contribution >= 0.6 is 0 Å². The number of pyridine rings is 1. The molecule has 4 rings (SSSR count). The second kappa shape index (κ2) is 8.93. The van der Waals surface area contributed by atoms with Gasteiger partial charge in [0, 0.05) is 44.2 Å². The van der Waals surface area contributed by atoms with Gasteiger partial charge < -0.3 is 0 Å². The third-order valence-corrected chi connectivity index (χ3v) is 6.93. The maximum Gasteiger partial charge on any atom is 0.269 e. The van der Waals surface area contributed by atoms with Gasteiger partial charge in [-0.25, -0.2) is 13.1 Å². The number of hydrogen-bond acceptors (Lipinski definition) is 6. The topological polar surface area (TPSA) is 105 Å². The fourth-order valence-electron chi connectivity index (χ4n) is 3.83. The van der Waals surface area contributed by atoms with Gasteiger partial charge in [0.2, 0.25) is 10.0 Å². The quantitative estimate of drug-likeness (QED) is 0.449. The number of aromatic nitrogens is 1. The van der Waals surface area contributed by atoms with Gasteiger partial charge in [-0.05, 0) is 41.3 Å². The van der Waals surface area contributed by atoms with E-state index < -0.39 is 14.9 Å². The molecule has 8 nitrogen and oxygen atoms in total. The largest absolute Gasteiger partial charge is 0.290 e. The Hall–Kier alpha value is -3.14. The Morgan fingerprint density at radius 1 is 1.06 bits per heavy atom. The van der Waals surface area contributed by atoms with Crippen LogP contribution in [0.15, 0.2) is 78.0 Å². The van der Waals surface area contributed by atoms with Crippen molar-refractivity contribution >= 4 is 15.7 Å². The third-order valence-electron chi connectivity index (χ3n) is 5.49. The van der Waals surface area contributed by atoms with E-state index in [1.54, 1.807) is 12.4 Å². The number of nitrogens with one attached hydrogen (secondary N) is 1. The van der Waals surface area contributed by atoms with Gasteiger partial charge in [0.1, 0.15) is 0 Å². The van der Waals surface area contributed by atoms with E-state index in [0.717, 1.165) is 25.1 Å². The first-order valence-corrected chi connectivity index (χ1v) is 11.4. The second-order valence-corrected chi connectivity index (χ2v) is 9.16. The van der Waals surface area contributed by atoms with E-state index >= 15 is 0 Å². The van der Waals surface area contributed by atoms with Crippen molar-refractivity contribution in [2.75, 3.05) is 13.1 Å². The van der Waals surface area contributed by atoms with E-state index in [2.05, 4.69) is 26.7 Å². The molecule has 1 aliphatic heterocycles. The first-order chi connectivity index (χ1) is 14.9. The molecule has 0 aliphatic carbocycles. The highest BCUT2D eigenvalue weighted by molar-refractivity contribution is 7.89. The van der Waals surface area contributed by atoms with E-state index in [9.17, 15) is 18.5 Å².